The Kier molecular flexibility index (Phi) is 5.63. The van der Waals surface area contributed by atoms with E-state index in [1.54, 1.807) is 0 Å². The lowest BCUT2D eigenvalue weighted by Gasteiger charge is -2.26. The van der Waals surface area contributed by atoms with E-state index in [1.165, 1.54) is 0 Å². The third-order valence-electron chi connectivity index (χ3n) is 2.52. The van der Waals surface area contributed by atoms with Crippen molar-refractivity contribution < 1.29 is 13.5 Å². The van der Waals surface area contributed by atoms with Crippen LogP contribution in [0.25, 0.3) is 0 Å². The first kappa shape index (κ1) is 15.2. The molecule has 0 bridgehead atoms. The normalized spacial score (nSPS) is 20.9. The SMILES string of the molecule is CC(C)CC(NS(=O)C(C)(C)C)B1OCCO1. The minimum absolute atomic E-state index is 0.00226. The molecule has 2 unspecified atom stereocenters. The number of nitrogens with one attached hydrogen (secondary N) is 1. The summed E-state index contributed by atoms with van der Waals surface area (Å²) in [4.78, 5) is 0. The first-order valence-corrected chi connectivity index (χ1v) is 7.37. The first-order valence-electron chi connectivity index (χ1n) is 6.22. The standard InChI is InChI=1S/C11H24BNO3S/c1-9(2)8-10(12-15-6-7-16-12)13-17(14)11(3,4)5/h9-10,13H,6-8H2,1-5H3. The lowest BCUT2D eigenvalue weighted by atomic mass is 9.75. The van der Waals surface area contributed by atoms with Crippen LogP contribution in [0.5, 0.6) is 0 Å². The van der Waals surface area contributed by atoms with E-state index in [2.05, 4.69) is 18.6 Å². The fourth-order valence-corrected chi connectivity index (χ4v) is 2.48. The van der Waals surface area contributed by atoms with Gasteiger partial charge in [-0.3, -0.25) is 0 Å². The molecule has 0 aromatic carbocycles. The second kappa shape index (κ2) is 6.32. The predicted molar refractivity (Wildman–Crippen MR) is 71.9 cm³/mol. The third kappa shape index (κ3) is 5.08. The second-order valence-corrected chi connectivity index (χ2v) is 7.84. The highest BCUT2D eigenvalue weighted by molar-refractivity contribution is 7.84. The molecule has 4 nitrogen and oxygen atoms in total. The highest BCUT2D eigenvalue weighted by Crippen LogP contribution is 2.16. The summed E-state index contributed by atoms with van der Waals surface area (Å²) >= 11 is 0. The molecule has 1 aliphatic rings. The van der Waals surface area contributed by atoms with Crippen molar-refractivity contribution in [3.63, 3.8) is 0 Å². The van der Waals surface area contributed by atoms with Gasteiger partial charge in [-0.05, 0) is 33.1 Å². The minimum Gasteiger partial charge on any atom is -0.408 e. The zero-order chi connectivity index (χ0) is 13.1. The maximum Gasteiger partial charge on any atom is 0.476 e. The van der Waals surface area contributed by atoms with Crippen molar-refractivity contribution in [2.45, 2.75) is 51.7 Å². The van der Waals surface area contributed by atoms with E-state index in [4.69, 9.17) is 9.31 Å². The predicted octanol–water partition coefficient (Wildman–Crippen LogP) is 1.53. The fraction of sp³-hybridized carbons (Fsp3) is 1.00. The Labute approximate surface area is 108 Å². The molecule has 0 aliphatic carbocycles. The van der Waals surface area contributed by atoms with Crippen molar-refractivity contribution in [3.05, 3.63) is 0 Å². The summed E-state index contributed by atoms with van der Waals surface area (Å²) in [5.41, 5.74) is 0. The first-order chi connectivity index (χ1) is 7.80. The van der Waals surface area contributed by atoms with E-state index in [1.807, 2.05) is 20.8 Å². The lowest BCUT2D eigenvalue weighted by molar-refractivity contribution is 0.341. The maximum atomic E-state index is 12.1. The van der Waals surface area contributed by atoms with Gasteiger partial charge < -0.3 is 9.31 Å². The molecule has 1 heterocycles. The topological polar surface area (TPSA) is 47.6 Å². The molecule has 1 aliphatic heterocycles. The number of hydrogen-bond acceptors (Lipinski definition) is 3. The molecule has 1 N–H and O–H groups in total. The average molecular weight is 261 g/mol. The van der Waals surface area contributed by atoms with Crippen LogP contribution in [0.4, 0.5) is 0 Å². The van der Waals surface area contributed by atoms with Crippen LogP contribution in [0.2, 0.25) is 0 Å². The third-order valence-corrected chi connectivity index (χ3v) is 4.15. The summed E-state index contributed by atoms with van der Waals surface area (Å²) in [5.74, 6) is 0.509. The molecule has 1 saturated heterocycles. The highest BCUT2D eigenvalue weighted by Gasteiger charge is 2.36. The van der Waals surface area contributed by atoms with Gasteiger partial charge in [0.25, 0.3) is 0 Å². The summed E-state index contributed by atoms with van der Waals surface area (Å²) in [6, 6.07) is 0. The molecule has 0 amide bonds. The van der Waals surface area contributed by atoms with E-state index in [9.17, 15) is 4.21 Å². The molecule has 1 rings (SSSR count). The Morgan fingerprint density at radius 2 is 1.82 bits per heavy atom. The van der Waals surface area contributed by atoms with Crippen molar-refractivity contribution >= 4 is 18.1 Å². The highest BCUT2D eigenvalue weighted by atomic mass is 32.2. The lowest BCUT2D eigenvalue weighted by Crippen LogP contribution is -2.49. The molecule has 0 aromatic heterocycles. The monoisotopic (exact) mass is 261 g/mol. The van der Waals surface area contributed by atoms with E-state index in [0.717, 1.165) is 6.42 Å². The zero-order valence-electron chi connectivity index (χ0n) is 11.5. The van der Waals surface area contributed by atoms with Crippen molar-refractivity contribution in [2.24, 2.45) is 5.92 Å². The van der Waals surface area contributed by atoms with Crippen LogP contribution in [0.1, 0.15) is 41.0 Å². The van der Waals surface area contributed by atoms with Crippen LogP contribution >= 0.6 is 0 Å². The van der Waals surface area contributed by atoms with Gasteiger partial charge >= 0.3 is 7.12 Å². The smallest absolute Gasteiger partial charge is 0.408 e. The van der Waals surface area contributed by atoms with E-state index in [-0.39, 0.29) is 17.8 Å². The molecular formula is C11H24BNO3S. The molecule has 6 heteroatoms. The van der Waals surface area contributed by atoms with Gasteiger partial charge in [0.15, 0.2) is 0 Å². The number of hydrogen-bond donors (Lipinski definition) is 1. The summed E-state index contributed by atoms with van der Waals surface area (Å²) in [6.45, 7) is 11.4. The Balaban J connectivity index is 2.60. The summed E-state index contributed by atoms with van der Waals surface area (Å²) < 4.78 is 26.0. The van der Waals surface area contributed by atoms with Crippen molar-refractivity contribution in [1.29, 1.82) is 0 Å². The molecule has 0 spiro atoms. The van der Waals surface area contributed by atoms with Crippen LogP contribution in [0.15, 0.2) is 0 Å². The van der Waals surface area contributed by atoms with E-state index < -0.39 is 11.0 Å². The molecule has 17 heavy (non-hydrogen) atoms. The van der Waals surface area contributed by atoms with Crippen LogP contribution in [-0.2, 0) is 20.3 Å². The van der Waals surface area contributed by atoms with E-state index >= 15 is 0 Å². The van der Waals surface area contributed by atoms with Crippen molar-refractivity contribution in [3.8, 4) is 0 Å². The summed E-state index contributed by atoms with van der Waals surface area (Å²) in [6.07, 6.45) is 0.895. The van der Waals surface area contributed by atoms with Crippen LogP contribution in [0, 0.1) is 5.92 Å². The van der Waals surface area contributed by atoms with Crippen LogP contribution in [0.3, 0.4) is 0 Å². The molecule has 2 atom stereocenters. The Morgan fingerprint density at radius 3 is 2.24 bits per heavy atom. The quantitative estimate of drug-likeness (QED) is 0.763. The largest absolute Gasteiger partial charge is 0.476 e. The zero-order valence-corrected chi connectivity index (χ0v) is 12.3. The van der Waals surface area contributed by atoms with Gasteiger partial charge in [0.1, 0.15) is 0 Å². The van der Waals surface area contributed by atoms with Crippen molar-refractivity contribution in [2.75, 3.05) is 13.2 Å². The second-order valence-electron chi connectivity index (χ2n) is 5.84. The molecule has 0 saturated carbocycles. The van der Waals surface area contributed by atoms with Gasteiger partial charge in [-0.15, -0.1) is 0 Å². The summed E-state index contributed by atoms with van der Waals surface area (Å²) in [5, 5.41) is 0. The molecule has 0 radical (unpaired) electrons. The Hall–Kier alpha value is 0.0949. The van der Waals surface area contributed by atoms with Gasteiger partial charge in [-0.25, -0.2) is 8.93 Å². The van der Waals surface area contributed by atoms with Gasteiger partial charge in [-0.1, -0.05) is 13.8 Å². The molecule has 1 fully saturated rings. The van der Waals surface area contributed by atoms with Gasteiger partial charge in [-0.2, -0.15) is 0 Å². The molecule has 0 aromatic rings. The Morgan fingerprint density at radius 1 is 1.29 bits per heavy atom. The molecule has 100 valence electrons. The van der Waals surface area contributed by atoms with Crippen LogP contribution < -0.4 is 4.72 Å². The Bertz CT molecular complexity index is 262. The van der Waals surface area contributed by atoms with Crippen LogP contribution in [-0.4, -0.2) is 35.2 Å². The van der Waals surface area contributed by atoms with E-state index in [0.29, 0.717) is 19.1 Å². The number of rotatable bonds is 5. The molecular weight excluding hydrogens is 237 g/mol. The summed E-state index contributed by atoms with van der Waals surface area (Å²) in [7, 11) is -1.35. The van der Waals surface area contributed by atoms with Gasteiger partial charge in [0.2, 0.25) is 0 Å². The average Bonchev–Trinajstić information content (AvgIpc) is 2.66. The fourth-order valence-electron chi connectivity index (χ4n) is 1.65. The minimum atomic E-state index is -1.09. The maximum absolute atomic E-state index is 12.1. The van der Waals surface area contributed by atoms with Gasteiger partial charge in [0.05, 0.1) is 34.9 Å². The van der Waals surface area contributed by atoms with Crippen molar-refractivity contribution in [1.82, 2.24) is 4.72 Å². The van der Waals surface area contributed by atoms with Gasteiger partial charge in [0, 0.05) is 0 Å².